The van der Waals surface area contributed by atoms with Crippen LogP contribution in [0.1, 0.15) is 41.4 Å². The smallest absolute Gasteiger partial charge is 0.254 e. The van der Waals surface area contributed by atoms with E-state index in [2.05, 4.69) is 5.32 Å². The molecule has 6 nitrogen and oxygen atoms in total. The van der Waals surface area contributed by atoms with Crippen molar-refractivity contribution in [2.45, 2.75) is 26.3 Å². The van der Waals surface area contributed by atoms with Gasteiger partial charge in [-0.15, -0.1) is 0 Å². The van der Waals surface area contributed by atoms with E-state index in [0.29, 0.717) is 29.3 Å². The quantitative estimate of drug-likeness (QED) is 0.898. The minimum Gasteiger partial charge on any atom is -0.493 e. The molecule has 2 aromatic rings. The van der Waals surface area contributed by atoms with Crippen LogP contribution in [0, 0.1) is 0 Å². The summed E-state index contributed by atoms with van der Waals surface area (Å²) in [7, 11) is 3.23. The molecule has 1 atom stereocenters. The highest BCUT2D eigenvalue weighted by Gasteiger charge is 2.29. The molecule has 0 aromatic heterocycles. The number of amides is 2. The third-order valence-electron chi connectivity index (χ3n) is 4.90. The summed E-state index contributed by atoms with van der Waals surface area (Å²) >= 11 is 0. The van der Waals surface area contributed by atoms with Gasteiger partial charge in [0.05, 0.1) is 20.3 Å². The first kappa shape index (κ1) is 18.8. The Labute approximate surface area is 159 Å². The lowest BCUT2D eigenvalue weighted by Crippen LogP contribution is -2.38. The van der Waals surface area contributed by atoms with Crippen molar-refractivity contribution in [1.29, 1.82) is 0 Å². The van der Waals surface area contributed by atoms with E-state index in [0.717, 1.165) is 12.0 Å². The molecule has 1 aliphatic heterocycles. The summed E-state index contributed by atoms with van der Waals surface area (Å²) in [5.41, 5.74) is 3.51. The third-order valence-corrected chi connectivity index (χ3v) is 4.90. The van der Waals surface area contributed by atoms with Gasteiger partial charge in [-0.25, -0.2) is 0 Å². The zero-order valence-corrected chi connectivity index (χ0v) is 16.0. The van der Waals surface area contributed by atoms with Gasteiger partial charge < -0.3 is 19.7 Å². The lowest BCUT2D eigenvalue weighted by molar-refractivity contribution is -0.114. The van der Waals surface area contributed by atoms with Gasteiger partial charge in [-0.05, 0) is 60.9 Å². The Hall–Kier alpha value is -3.02. The van der Waals surface area contributed by atoms with E-state index in [9.17, 15) is 9.59 Å². The molecule has 0 radical (unpaired) electrons. The second-order valence-electron chi connectivity index (χ2n) is 6.59. The summed E-state index contributed by atoms with van der Waals surface area (Å²) in [6.07, 6.45) is 0.760. The van der Waals surface area contributed by atoms with Crippen LogP contribution in [0.3, 0.4) is 0 Å². The molecular weight excluding hydrogens is 344 g/mol. The Bertz CT molecular complexity index is 861. The number of carbonyl (C=O) groups excluding carboxylic acids is 2. The minimum atomic E-state index is -0.139. The van der Waals surface area contributed by atoms with Crippen LogP contribution in [0.15, 0.2) is 36.4 Å². The largest absolute Gasteiger partial charge is 0.493 e. The molecule has 142 valence electrons. The van der Waals surface area contributed by atoms with Gasteiger partial charge in [-0.3, -0.25) is 9.59 Å². The van der Waals surface area contributed by atoms with Gasteiger partial charge in [0.25, 0.3) is 5.91 Å². The van der Waals surface area contributed by atoms with Crippen molar-refractivity contribution in [2.24, 2.45) is 0 Å². The summed E-state index contributed by atoms with van der Waals surface area (Å²) in [5.74, 6) is 1.20. The van der Waals surface area contributed by atoms with Crippen LogP contribution >= 0.6 is 0 Å². The molecular formula is C21H24N2O4. The molecule has 3 rings (SSSR count). The van der Waals surface area contributed by atoms with Gasteiger partial charge in [-0.2, -0.15) is 0 Å². The normalized spacial score (nSPS) is 15.7. The highest BCUT2D eigenvalue weighted by Crippen LogP contribution is 2.38. The number of benzene rings is 2. The molecule has 0 aliphatic carbocycles. The van der Waals surface area contributed by atoms with Crippen LogP contribution in [0.4, 0.5) is 5.69 Å². The number of methoxy groups -OCH3 is 2. The minimum absolute atomic E-state index is 0.0303. The highest BCUT2D eigenvalue weighted by atomic mass is 16.5. The number of ether oxygens (including phenoxy) is 2. The van der Waals surface area contributed by atoms with Crippen molar-refractivity contribution < 1.29 is 19.1 Å². The van der Waals surface area contributed by atoms with Crippen molar-refractivity contribution in [2.75, 3.05) is 26.1 Å². The first-order chi connectivity index (χ1) is 12.9. The summed E-state index contributed by atoms with van der Waals surface area (Å²) in [4.78, 5) is 26.0. The van der Waals surface area contributed by atoms with E-state index >= 15 is 0 Å². The van der Waals surface area contributed by atoms with E-state index in [1.165, 1.54) is 12.5 Å². The Morgan fingerprint density at radius 3 is 2.30 bits per heavy atom. The number of rotatable bonds is 4. The lowest BCUT2D eigenvalue weighted by Gasteiger charge is -2.36. The van der Waals surface area contributed by atoms with Gasteiger partial charge in [0.1, 0.15) is 0 Å². The fraction of sp³-hybridized carbons (Fsp3) is 0.333. The molecule has 0 fully saturated rings. The number of carbonyl (C=O) groups is 2. The Kier molecular flexibility index (Phi) is 5.35. The van der Waals surface area contributed by atoms with Crippen molar-refractivity contribution >= 4 is 17.5 Å². The van der Waals surface area contributed by atoms with Crippen molar-refractivity contribution in [3.8, 4) is 11.5 Å². The molecule has 0 saturated heterocycles. The Morgan fingerprint density at radius 1 is 1.07 bits per heavy atom. The zero-order valence-electron chi connectivity index (χ0n) is 16.0. The number of anilines is 1. The number of fused-ring (bicyclic) bond motifs is 1. The van der Waals surface area contributed by atoms with E-state index in [1.54, 1.807) is 38.5 Å². The predicted octanol–water partition coefficient (Wildman–Crippen LogP) is 3.42. The average Bonchev–Trinajstić information content (AvgIpc) is 2.67. The van der Waals surface area contributed by atoms with E-state index in [1.807, 2.05) is 24.0 Å². The van der Waals surface area contributed by atoms with Gasteiger partial charge in [-0.1, -0.05) is 0 Å². The van der Waals surface area contributed by atoms with E-state index in [4.69, 9.17) is 9.47 Å². The second-order valence-corrected chi connectivity index (χ2v) is 6.59. The maximum Gasteiger partial charge on any atom is 0.254 e. The molecule has 0 bridgehead atoms. The molecule has 27 heavy (non-hydrogen) atoms. The van der Waals surface area contributed by atoms with Gasteiger partial charge in [0.2, 0.25) is 5.91 Å². The first-order valence-electron chi connectivity index (χ1n) is 8.88. The van der Waals surface area contributed by atoms with Crippen LogP contribution in [0.5, 0.6) is 11.5 Å². The maximum absolute atomic E-state index is 13.0. The number of nitrogens with zero attached hydrogens (tertiary/aromatic N) is 1. The maximum atomic E-state index is 13.0. The van der Waals surface area contributed by atoms with Crippen molar-refractivity contribution in [3.05, 3.63) is 53.1 Å². The predicted molar refractivity (Wildman–Crippen MR) is 103 cm³/mol. The fourth-order valence-corrected chi connectivity index (χ4v) is 3.49. The molecule has 0 spiro atoms. The Balaban J connectivity index is 1.84. The number of nitrogens with one attached hydrogen (secondary N) is 1. The number of hydrogen-bond donors (Lipinski definition) is 1. The standard InChI is InChI=1S/C21H24N2O4/c1-13-18-12-20(27-4)19(26-3)11-16(18)9-10-23(13)21(25)15-5-7-17(8-6-15)22-14(2)24/h5-8,11-13H,9-10H2,1-4H3,(H,22,24)/t13-/m1/s1. The molecule has 2 amide bonds. The average molecular weight is 368 g/mol. The molecule has 1 aliphatic rings. The van der Waals surface area contributed by atoms with Crippen LogP contribution in [-0.4, -0.2) is 37.5 Å². The summed E-state index contributed by atoms with van der Waals surface area (Å²) in [6.45, 7) is 4.11. The van der Waals surface area contributed by atoms with E-state index in [-0.39, 0.29) is 17.9 Å². The SMILES string of the molecule is COc1cc2c(cc1OC)[C@@H](C)N(C(=O)c1ccc(NC(C)=O)cc1)CC2. The summed E-state index contributed by atoms with van der Waals surface area (Å²) in [5, 5.41) is 2.71. The lowest BCUT2D eigenvalue weighted by atomic mass is 9.92. The molecule has 0 unspecified atom stereocenters. The van der Waals surface area contributed by atoms with Gasteiger partial charge in [0.15, 0.2) is 11.5 Å². The second kappa shape index (κ2) is 7.70. The topological polar surface area (TPSA) is 67.9 Å². The molecule has 1 N–H and O–H groups in total. The summed E-state index contributed by atoms with van der Waals surface area (Å²) < 4.78 is 10.8. The first-order valence-corrected chi connectivity index (χ1v) is 8.88. The number of hydrogen-bond acceptors (Lipinski definition) is 4. The fourth-order valence-electron chi connectivity index (χ4n) is 3.49. The van der Waals surface area contributed by atoms with Crippen LogP contribution in [0.25, 0.3) is 0 Å². The molecule has 1 heterocycles. The van der Waals surface area contributed by atoms with Gasteiger partial charge in [0, 0.05) is 24.7 Å². The van der Waals surface area contributed by atoms with Gasteiger partial charge >= 0.3 is 0 Å². The monoisotopic (exact) mass is 368 g/mol. The Morgan fingerprint density at radius 2 is 1.70 bits per heavy atom. The van der Waals surface area contributed by atoms with E-state index < -0.39 is 0 Å². The third kappa shape index (κ3) is 3.74. The van der Waals surface area contributed by atoms with Crippen LogP contribution < -0.4 is 14.8 Å². The molecule has 2 aromatic carbocycles. The zero-order chi connectivity index (χ0) is 19.6. The molecule has 6 heteroatoms. The van der Waals surface area contributed by atoms with Crippen LogP contribution in [0.2, 0.25) is 0 Å². The summed E-state index contributed by atoms with van der Waals surface area (Å²) in [6, 6.07) is 10.8. The van der Waals surface area contributed by atoms with Crippen LogP contribution in [-0.2, 0) is 11.2 Å². The highest BCUT2D eigenvalue weighted by molar-refractivity contribution is 5.96. The van der Waals surface area contributed by atoms with Crippen molar-refractivity contribution in [1.82, 2.24) is 4.90 Å². The molecule has 0 saturated carbocycles. The van der Waals surface area contributed by atoms with Crippen molar-refractivity contribution in [3.63, 3.8) is 0 Å².